The number of ether oxygens (including phenoxy) is 2. The van der Waals surface area contributed by atoms with Crippen molar-refractivity contribution in [3.05, 3.63) is 0 Å². The summed E-state index contributed by atoms with van der Waals surface area (Å²) in [6, 6.07) is 0. The Balaban J connectivity index is 2.30. The summed E-state index contributed by atoms with van der Waals surface area (Å²) in [5.74, 6) is 0. The van der Waals surface area contributed by atoms with E-state index in [-0.39, 0.29) is 6.10 Å². The van der Waals surface area contributed by atoms with Gasteiger partial charge < -0.3 is 19.7 Å². The molecule has 0 saturated carbocycles. The SMILES string of the molecule is COC[C@@H]1C[C@@H](O)CC(O)O1. The minimum atomic E-state index is -0.834. The Kier molecular flexibility index (Phi) is 3.26. The normalized spacial score (nSPS) is 39.0. The van der Waals surface area contributed by atoms with Crippen LogP contribution in [0.25, 0.3) is 0 Å². The lowest BCUT2D eigenvalue weighted by molar-refractivity contribution is -0.199. The van der Waals surface area contributed by atoms with Crippen LogP contribution in [-0.2, 0) is 9.47 Å². The zero-order valence-electron chi connectivity index (χ0n) is 6.56. The molecule has 1 rings (SSSR count). The lowest BCUT2D eigenvalue weighted by atomic mass is 10.1. The second-order valence-corrected chi connectivity index (χ2v) is 2.79. The predicted molar refractivity (Wildman–Crippen MR) is 38.0 cm³/mol. The zero-order valence-corrected chi connectivity index (χ0v) is 6.56. The molecule has 0 aromatic carbocycles. The van der Waals surface area contributed by atoms with Gasteiger partial charge in [-0.1, -0.05) is 0 Å². The second kappa shape index (κ2) is 4.01. The largest absolute Gasteiger partial charge is 0.393 e. The smallest absolute Gasteiger partial charge is 0.157 e. The highest BCUT2D eigenvalue weighted by molar-refractivity contribution is 4.71. The summed E-state index contributed by atoms with van der Waals surface area (Å²) in [6.07, 6.45) is -0.609. The fourth-order valence-electron chi connectivity index (χ4n) is 1.26. The summed E-state index contributed by atoms with van der Waals surface area (Å²) in [5, 5.41) is 18.2. The lowest BCUT2D eigenvalue weighted by Crippen LogP contribution is -2.37. The van der Waals surface area contributed by atoms with Crippen molar-refractivity contribution in [2.24, 2.45) is 0 Å². The van der Waals surface area contributed by atoms with Crippen molar-refractivity contribution in [1.29, 1.82) is 0 Å². The van der Waals surface area contributed by atoms with Gasteiger partial charge in [0.25, 0.3) is 0 Å². The van der Waals surface area contributed by atoms with Crippen molar-refractivity contribution >= 4 is 0 Å². The fourth-order valence-corrected chi connectivity index (χ4v) is 1.26. The molecule has 0 radical (unpaired) electrons. The Bertz CT molecular complexity index is 107. The Morgan fingerprint density at radius 3 is 2.73 bits per heavy atom. The van der Waals surface area contributed by atoms with Crippen LogP contribution < -0.4 is 0 Å². The molecule has 1 heterocycles. The third kappa shape index (κ3) is 2.75. The average molecular weight is 162 g/mol. The molecule has 1 saturated heterocycles. The molecule has 0 amide bonds. The summed E-state index contributed by atoms with van der Waals surface area (Å²) in [7, 11) is 1.57. The van der Waals surface area contributed by atoms with Crippen LogP contribution in [0.4, 0.5) is 0 Å². The number of methoxy groups -OCH3 is 1. The quantitative estimate of drug-likeness (QED) is 0.574. The van der Waals surface area contributed by atoms with E-state index >= 15 is 0 Å². The molecule has 0 spiro atoms. The molecule has 1 aliphatic heterocycles. The first-order valence-corrected chi connectivity index (χ1v) is 3.73. The molecule has 4 nitrogen and oxygen atoms in total. The van der Waals surface area contributed by atoms with Crippen molar-refractivity contribution in [3.8, 4) is 0 Å². The van der Waals surface area contributed by atoms with E-state index in [0.29, 0.717) is 19.4 Å². The molecule has 66 valence electrons. The van der Waals surface area contributed by atoms with Gasteiger partial charge in [0.05, 0.1) is 18.8 Å². The van der Waals surface area contributed by atoms with Gasteiger partial charge in [0.2, 0.25) is 0 Å². The van der Waals surface area contributed by atoms with Crippen LogP contribution >= 0.6 is 0 Å². The van der Waals surface area contributed by atoms with Crippen molar-refractivity contribution in [1.82, 2.24) is 0 Å². The number of aliphatic hydroxyl groups excluding tert-OH is 2. The molecule has 0 aromatic heterocycles. The van der Waals surface area contributed by atoms with Crippen molar-refractivity contribution < 1.29 is 19.7 Å². The molecule has 0 bridgehead atoms. The Labute approximate surface area is 65.7 Å². The Hall–Kier alpha value is -0.160. The van der Waals surface area contributed by atoms with Crippen LogP contribution in [0.1, 0.15) is 12.8 Å². The minimum Gasteiger partial charge on any atom is -0.393 e. The lowest BCUT2D eigenvalue weighted by Gasteiger charge is -2.29. The molecular weight excluding hydrogens is 148 g/mol. The van der Waals surface area contributed by atoms with Gasteiger partial charge >= 0.3 is 0 Å². The van der Waals surface area contributed by atoms with Crippen molar-refractivity contribution in [2.75, 3.05) is 13.7 Å². The van der Waals surface area contributed by atoms with Crippen molar-refractivity contribution in [2.45, 2.75) is 31.3 Å². The molecular formula is C7H14O4. The van der Waals surface area contributed by atoms with Gasteiger partial charge in [0.1, 0.15) is 0 Å². The first-order chi connectivity index (χ1) is 5.22. The van der Waals surface area contributed by atoms with E-state index in [1.54, 1.807) is 7.11 Å². The Morgan fingerprint density at radius 2 is 2.18 bits per heavy atom. The van der Waals surface area contributed by atoms with Gasteiger partial charge in [0.15, 0.2) is 6.29 Å². The molecule has 1 unspecified atom stereocenters. The molecule has 3 atom stereocenters. The van der Waals surface area contributed by atoms with E-state index in [1.165, 1.54) is 0 Å². The van der Waals surface area contributed by atoms with Crippen LogP contribution in [0, 0.1) is 0 Å². The molecule has 4 heteroatoms. The maximum Gasteiger partial charge on any atom is 0.157 e. The molecule has 1 aliphatic rings. The maximum atomic E-state index is 9.18. The molecule has 11 heavy (non-hydrogen) atoms. The highest BCUT2D eigenvalue weighted by Gasteiger charge is 2.26. The van der Waals surface area contributed by atoms with E-state index in [0.717, 1.165) is 0 Å². The summed E-state index contributed by atoms with van der Waals surface area (Å²) in [5.41, 5.74) is 0. The maximum absolute atomic E-state index is 9.18. The zero-order chi connectivity index (χ0) is 8.27. The van der Waals surface area contributed by atoms with E-state index < -0.39 is 12.4 Å². The van der Waals surface area contributed by atoms with Crippen LogP contribution in [0.3, 0.4) is 0 Å². The predicted octanol–water partition coefficient (Wildman–Crippen LogP) is -0.509. The van der Waals surface area contributed by atoms with E-state index in [2.05, 4.69) is 0 Å². The first-order valence-electron chi connectivity index (χ1n) is 3.73. The number of hydrogen-bond donors (Lipinski definition) is 2. The number of aliphatic hydroxyl groups is 2. The monoisotopic (exact) mass is 162 g/mol. The van der Waals surface area contributed by atoms with E-state index in [4.69, 9.17) is 14.6 Å². The van der Waals surface area contributed by atoms with Gasteiger partial charge in [-0.2, -0.15) is 0 Å². The minimum absolute atomic E-state index is 0.168. The topological polar surface area (TPSA) is 58.9 Å². The highest BCUT2D eigenvalue weighted by Crippen LogP contribution is 2.17. The van der Waals surface area contributed by atoms with Gasteiger partial charge in [-0.05, 0) is 0 Å². The Morgan fingerprint density at radius 1 is 1.45 bits per heavy atom. The van der Waals surface area contributed by atoms with Gasteiger partial charge in [-0.25, -0.2) is 0 Å². The molecule has 1 fully saturated rings. The van der Waals surface area contributed by atoms with E-state index in [9.17, 15) is 5.11 Å². The second-order valence-electron chi connectivity index (χ2n) is 2.79. The fraction of sp³-hybridized carbons (Fsp3) is 1.00. The molecule has 2 N–H and O–H groups in total. The highest BCUT2D eigenvalue weighted by atomic mass is 16.6. The van der Waals surface area contributed by atoms with Gasteiger partial charge in [-0.15, -0.1) is 0 Å². The first kappa shape index (κ1) is 8.93. The van der Waals surface area contributed by atoms with Crippen LogP contribution in [-0.4, -0.2) is 42.4 Å². The third-order valence-corrected chi connectivity index (χ3v) is 1.71. The molecule has 0 aromatic rings. The van der Waals surface area contributed by atoms with Gasteiger partial charge in [0, 0.05) is 20.0 Å². The van der Waals surface area contributed by atoms with Gasteiger partial charge in [-0.3, -0.25) is 0 Å². The van der Waals surface area contributed by atoms with Crippen LogP contribution in [0.15, 0.2) is 0 Å². The standard InChI is InChI=1S/C7H14O4/c1-10-4-6-2-5(8)3-7(9)11-6/h5-9H,2-4H2,1H3/t5-,6+,7?/m1/s1. The summed E-state index contributed by atoms with van der Waals surface area (Å²) in [6.45, 7) is 0.425. The average Bonchev–Trinajstić information content (AvgIpc) is 1.85. The summed E-state index contributed by atoms with van der Waals surface area (Å²) >= 11 is 0. The molecule has 0 aliphatic carbocycles. The number of rotatable bonds is 2. The number of hydrogen-bond acceptors (Lipinski definition) is 4. The van der Waals surface area contributed by atoms with E-state index in [1.807, 2.05) is 0 Å². The van der Waals surface area contributed by atoms with Crippen LogP contribution in [0.5, 0.6) is 0 Å². The third-order valence-electron chi connectivity index (χ3n) is 1.71. The summed E-state index contributed by atoms with van der Waals surface area (Å²) < 4.78 is 9.90. The van der Waals surface area contributed by atoms with Crippen molar-refractivity contribution in [3.63, 3.8) is 0 Å². The van der Waals surface area contributed by atoms with Crippen LogP contribution in [0.2, 0.25) is 0 Å². The summed E-state index contributed by atoms with van der Waals surface area (Å²) in [4.78, 5) is 0.